The van der Waals surface area contributed by atoms with Gasteiger partial charge in [0.05, 0.1) is 26.9 Å². The van der Waals surface area contributed by atoms with Gasteiger partial charge in [-0.15, -0.1) is 0 Å². The molecule has 156 valence electrons. The number of likely N-dealkylation sites (tertiary alicyclic amines) is 1. The van der Waals surface area contributed by atoms with E-state index < -0.39 is 0 Å². The number of ether oxygens (including phenoxy) is 3. The van der Waals surface area contributed by atoms with Gasteiger partial charge in [0.1, 0.15) is 11.8 Å². The van der Waals surface area contributed by atoms with Crippen LogP contribution in [0.2, 0.25) is 0 Å². The molecule has 0 unspecified atom stereocenters. The highest BCUT2D eigenvalue weighted by molar-refractivity contribution is 5.97. The third-order valence-corrected chi connectivity index (χ3v) is 5.22. The van der Waals surface area contributed by atoms with E-state index in [9.17, 15) is 4.79 Å². The summed E-state index contributed by atoms with van der Waals surface area (Å²) in [6.45, 7) is 0.621. The fourth-order valence-corrected chi connectivity index (χ4v) is 3.71. The Balaban J connectivity index is 1.60. The van der Waals surface area contributed by atoms with Crippen LogP contribution in [0.1, 0.15) is 35.1 Å². The van der Waals surface area contributed by atoms with Gasteiger partial charge in [-0.05, 0) is 43.2 Å². The van der Waals surface area contributed by atoms with Gasteiger partial charge in [-0.1, -0.05) is 17.3 Å². The highest BCUT2D eigenvalue weighted by Gasteiger charge is 2.35. The van der Waals surface area contributed by atoms with Crippen LogP contribution >= 0.6 is 0 Å². The Morgan fingerprint density at radius 3 is 2.57 bits per heavy atom. The molecule has 1 aromatic heterocycles. The van der Waals surface area contributed by atoms with Crippen molar-refractivity contribution in [3.63, 3.8) is 0 Å². The third kappa shape index (κ3) is 3.56. The van der Waals surface area contributed by atoms with Crippen molar-refractivity contribution in [1.29, 1.82) is 0 Å². The molecule has 1 amide bonds. The van der Waals surface area contributed by atoms with Crippen molar-refractivity contribution in [2.75, 3.05) is 27.9 Å². The second kappa shape index (κ2) is 8.44. The van der Waals surface area contributed by atoms with E-state index in [1.807, 2.05) is 18.2 Å². The van der Waals surface area contributed by atoms with Crippen molar-refractivity contribution in [3.05, 3.63) is 53.9 Å². The van der Waals surface area contributed by atoms with Crippen molar-refractivity contribution >= 4 is 5.91 Å². The molecule has 3 aromatic rings. The lowest BCUT2D eigenvalue weighted by atomic mass is 10.1. The van der Waals surface area contributed by atoms with E-state index in [1.54, 1.807) is 50.5 Å². The minimum atomic E-state index is -0.274. The number of aromatic nitrogens is 2. The Kier molecular flexibility index (Phi) is 5.56. The molecule has 0 aliphatic carbocycles. The predicted octanol–water partition coefficient (Wildman–Crippen LogP) is 3.74. The van der Waals surface area contributed by atoms with Gasteiger partial charge in [0, 0.05) is 12.1 Å². The number of rotatable bonds is 6. The Bertz CT molecular complexity index is 1050. The SMILES string of the molecule is COc1ccc(-c2noc([C@@H]3CCCN3C(=O)c3ccccc3OC)n2)cc1OC. The minimum absolute atomic E-state index is 0.110. The second-order valence-electron chi connectivity index (χ2n) is 6.88. The summed E-state index contributed by atoms with van der Waals surface area (Å²) < 4.78 is 21.5. The molecule has 2 aromatic carbocycles. The van der Waals surface area contributed by atoms with Gasteiger partial charge in [0.25, 0.3) is 5.91 Å². The first-order chi connectivity index (χ1) is 14.7. The van der Waals surface area contributed by atoms with Crippen LogP contribution in [0.4, 0.5) is 0 Å². The molecule has 8 heteroatoms. The van der Waals surface area contributed by atoms with Crippen LogP contribution in [0.3, 0.4) is 0 Å². The Morgan fingerprint density at radius 2 is 1.80 bits per heavy atom. The molecule has 30 heavy (non-hydrogen) atoms. The Hall–Kier alpha value is -3.55. The summed E-state index contributed by atoms with van der Waals surface area (Å²) in [4.78, 5) is 19.5. The van der Waals surface area contributed by atoms with Gasteiger partial charge in [-0.3, -0.25) is 4.79 Å². The van der Waals surface area contributed by atoms with Crippen molar-refractivity contribution in [3.8, 4) is 28.6 Å². The summed E-state index contributed by atoms with van der Waals surface area (Å²) in [5.41, 5.74) is 1.26. The zero-order chi connectivity index (χ0) is 21.1. The summed E-state index contributed by atoms with van der Waals surface area (Å²) in [6.07, 6.45) is 1.62. The number of nitrogens with zero attached hydrogens (tertiary/aromatic N) is 3. The first kappa shape index (κ1) is 19.8. The van der Waals surface area contributed by atoms with Crippen molar-refractivity contribution in [1.82, 2.24) is 15.0 Å². The number of hydrogen-bond acceptors (Lipinski definition) is 7. The molecule has 0 spiro atoms. The lowest BCUT2D eigenvalue weighted by Gasteiger charge is -2.22. The maximum Gasteiger partial charge on any atom is 0.258 e. The lowest BCUT2D eigenvalue weighted by molar-refractivity contribution is 0.0706. The average Bonchev–Trinajstić information content (AvgIpc) is 3.47. The molecule has 1 fully saturated rings. The Labute approximate surface area is 174 Å². The van der Waals surface area contributed by atoms with E-state index in [1.165, 1.54) is 0 Å². The average molecular weight is 409 g/mol. The van der Waals surface area contributed by atoms with Crippen LogP contribution in [-0.4, -0.2) is 48.8 Å². The van der Waals surface area contributed by atoms with Crippen LogP contribution in [0.25, 0.3) is 11.4 Å². The van der Waals surface area contributed by atoms with Crippen molar-refractivity contribution < 1.29 is 23.5 Å². The molecule has 1 saturated heterocycles. The number of carbonyl (C=O) groups is 1. The van der Waals surface area contributed by atoms with Gasteiger partial charge in [0.15, 0.2) is 11.5 Å². The van der Waals surface area contributed by atoms with Gasteiger partial charge in [0.2, 0.25) is 11.7 Å². The highest BCUT2D eigenvalue weighted by Crippen LogP contribution is 2.36. The van der Waals surface area contributed by atoms with Gasteiger partial charge < -0.3 is 23.6 Å². The maximum atomic E-state index is 13.2. The molecule has 4 rings (SSSR count). The van der Waals surface area contributed by atoms with Gasteiger partial charge in [-0.2, -0.15) is 4.98 Å². The number of carbonyl (C=O) groups excluding carboxylic acids is 1. The number of benzene rings is 2. The normalized spacial score (nSPS) is 15.8. The minimum Gasteiger partial charge on any atom is -0.496 e. The third-order valence-electron chi connectivity index (χ3n) is 5.22. The summed E-state index contributed by atoms with van der Waals surface area (Å²) >= 11 is 0. The maximum absolute atomic E-state index is 13.2. The summed E-state index contributed by atoms with van der Waals surface area (Å²) in [5, 5.41) is 4.12. The summed E-state index contributed by atoms with van der Waals surface area (Å²) in [6, 6.07) is 12.3. The number of hydrogen-bond donors (Lipinski definition) is 0. The number of para-hydroxylation sites is 1. The van der Waals surface area contributed by atoms with Crippen LogP contribution < -0.4 is 14.2 Å². The van der Waals surface area contributed by atoms with Crippen LogP contribution in [0.15, 0.2) is 47.0 Å². The Morgan fingerprint density at radius 1 is 1.03 bits per heavy atom. The van der Waals surface area contributed by atoms with E-state index in [0.29, 0.717) is 41.1 Å². The quantitative estimate of drug-likeness (QED) is 0.613. The predicted molar refractivity (Wildman–Crippen MR) is 109 cm³/mol. The van der Waals surface area contributed by atoms with Crippen LogP contribution in [-0.2, 0) is 0 Å². The molecule has 2 heterocycles. The largest absolute Gasteiger partial charge is 0.496 e. The number of methoxy groups -OCH3 is 3. The summed E-state index contributed by atoms with van der Waals surface area (Å²) in [7, 11) is 4.71. The molecule has 1 aliphatic heterocycles. The molecule has 0 radical (unpaired) electrons. The van der Waals surface area contributed by atoms with Crippen LogP contribution in [0, 0.1) is 0 Å². The molecule has 0 bridgehead atoms. The molecular formula is C22H23N3O5. The van der Waals surface area contributed by atoms with E-state index >= 15 is 0 Å². The second-order valence-corrected chi connectivity index (χ2v) is 6.88. The fourth-order valence-electron chi connectivity index (χ4n) is 3.71. The topological polar surface area (TPSA) is 86.9 Å². The van der Waals surface area contributed by atoms with Crippen LogP contribution in [0.5, 0.6) is 17.2 Å². The highest BCUT2D eigenvalue weighted by atomic mass is 16.5. The van der Waals surface area contributed by atoms with Crippen molar-refractivity contribution in [2.45, 2.75) is 18.9 Å². The molecule has 1 atom stereocenters. The fraction of sp³-hybridized carbons (Fsp3) is 0.318. The molecule has 0 saturated carbocycles. The molecule has 8 nitrogen and oxygen atoms in total. The number of amides is 1. The zero-order valence-electron chi connectivity index (χ0n) is 17.1. The molecular weight excluding hydrogens is 386 g/mol. The van der Waals surface area contributed by atoms with E-state index in [2.05, 4.69) is 10.1 Å². The zero-order valence-corrected chi connectivity index (χ0v) is 17.1. The van der Waals surface area contributed by atoms with E-state index in [4.69, 9.17) is 18.7 Å². The first-order valence-corrected chi connectivity index (χ1v) is 9.66. The monoisotopic (exact) mass is 409 g/mol. The lowest BCUT2D eigenvalue weighted by Crippen LogP contribution is -2.31. The standard InChI is InChI=1S/C22H23N3O5/c1-27-17-9-5-4-7-15(17)22(26)25-12-6-8-16(25)21-23-20(24-30-21)14-10-11-18(28-2)19(13-14)29-3/h4-5,7,9-11,13,16H,6,8,12H2,1-3H3/t16-/m0/s1. The smallest absolute Gasteiger partial charge is 0.258 e. The molecule has 0 N–H and O–H groups in total. The van der Waals surface area contributed by atoms with E-state index in [-0.39, 0.29) is 11.9 Å². The van der Waals surface area contributed by atoms with Crippen molar-refractivity contribution in [2.24, 2.45) is 0 Å². The first-order valence-electron chi connectivity index (χ1n) is 9.66. The molecule has 1 aliphatic rings. The van der Waals surface area contributed by atoms with Gasteiger partial charge in [-0.25, -0.2) is 0 Å². The van der Waals surface area contributed by atoms with E-state index in [0.717, 1.165) is 18.4 Å². The summed E-state index contributed by atoms with van der Waals surface area (Å²) in [5.74, 6) is 2.48. The van der Waals surface area contributed by atoms with Gasteiger partial charge >= 0.3 is 0 Å².